The van der Waals surface area contributed by atoms with Gasteiger partial charge >= 0.3 is 5.97 Å². The average Bonchev–Trinajstić information content (AvgIpc) is 3.09. The lowest BCUT2D eigenvalue weighted by Gasteiger charge is -2.16. The predicted octanol–water partition coefficient (Wildman–Crippen LogP) is 13.9. The van der Waals surface area contributed by atoms with Crippen LogP contribution in [-0.4, -0.2) is 37.0 Å². The van der Waals surface area contributed by atoms with E-state index in [4.69, 9.17) is 9.47 Å². The highest BCUT2D eigenvalue weighted by Gasteiger charge is 2.13. The van der Waals surface area contributed by atoms with Crippen LogP contribution < -0.4 is 0 Å². The van der Waals surface area contributed by atoms with Gasteiger partial charge < -0.3 is 14.6 Å². The number of hydrogen-bond donors (Lipinski definition) is 1. The van der Waals surface area contributed by atoms with Crippen LogP contribution in [0.2, 0.25) is 0 Å². The standard InChI is InChI=1S/C44H84O4/c1-3-5-7-9-11-13-15-17-18-19-20-21-22-23-24-25-26-27-29-31-33-35-37-39-44(46)48-43(41-45)42-47-40-38-36-34-32-30-28-16-14-12-10-8-6-4-2/h15,17,19-20,43,45H,3-14,16,18,21-42H2,1-2H3/b17-15-,20-19-. The van der Waals surface area contributed by atoms with Crippen LogP contribution in [0.4, 0.5) is 0 Å². The molecule has 0 amide bonds. The largest absolute Gasteiger partial charge is 0.457 e. The quantitative estimate of drug-likeness (QED) is 0.0399. The molecular weight excluding hydrogens is 592 g/mol. The number of aliphatic hydroxyl groups is 1. The minimum absolute atomic E-state index is 0.168. The van der Waals surface area contributed by atoms with Crippen molar-refractivity contribution < 1.29 is 19.4 Å². The van der Waals surface area contributed by atoms with E-state index in [0.717, 1.165) is 25.7 Å². The summed E-state index contributed by atoms with van der Waals surface area (Å²) in [6.07, 6.45) is 50.9. The normalized spacial score (nSPS) is 12.5. The Hall–Kier alpha value is -1.13. The highest BCUT2D eigenvalue weighted by Crippen LogP contribution is 2.15. The van der Waals surface area contributed by atoms with Crippen LogP contribution in [0.15, 0.2) is 24.3 Å². The van der Waals surface area contributed by atoms with Crippen molar-refractivity contribution in [3.8, 4) is 0 Å². The Morgan fingerprint density at radius 3 is 1.29 bits per heavy atom. The fourth-order valence-electron chi connectivity index (χ4n) is 6.30. The van der Waals surface area contributed by atoms with Crippen LogP contribution in [0.3, 0.4) is 0 Å². The van der Waals surface area contributed by atoms with E-state index in [0.29, 0.717) is 19.6 Å². The summed E-state index contributed by atoms with van der Waals surface area (Å²) in [7, 11) is 0. The van der Waals surface area contributed by atoms with Crippen molar-refractivity contribution in [2.45, 2.75) is 232 Å². The van der Waals surface area contributed by atoms with Gasteiger partial charge in [0.05, 0.1) is 13.2 Å². The molecule has 0 fully saturated rings. The second kappa shape index (κ2) is 42.0. The summed E-state index contributed by atoms with van der Waals surface area (Å²) in [4.78, 5) is 12.2. The molecule has 284 valence electrons. The van der Waals surface area contributed by atoms with Crippen LogP contribution in [0.5, 0.6) is 0 Å². The molecule has 0 aliphatic carbocycles. The molecule has 0 aromatic rings. The minimum Gasteiger partial charge on any atom is -0.457 e. The Balaban J connectivity index is 3.40. The summed E-state index contributed by atoms with van der Waals surface area (Å²) in [5.74, 6) is -0.200. The molecule has 4 nitrogen and oxygen atoms in total. The minimum atomic E-state index is -0.530. The molecule has 0 aliphatic heterocycles. The van der Waals surface area contributed by atoms with Gasteiger partial charge in [0.25, 0.3) is 0 Å². The molecule has 0 aromatic carbocycles. The Labute approximate surface area is 300 Å². The Morgan fingerprint density at radius 1 is 0.500 bits per heavy atom. The third-order valence-corrected chi connectivity index (χ3v) is 9.53. The zero-order valence-corrected chi connectivity index (χ0v) is 32.5. The maximum absolute atomic E-state index is 12.2. The highest BCUT2D eigenvalue weighted by molar-refractivity contribution is 5.69. The smallest absolute Gasteiger partial charge is 0.306 e. The van der Waals surface area contributed by atoms with Crippen molar-refractivity contribution in [1.82, 2.24) is 0 Å². The van der Waals surface area contributed by atoms with E-state index in [1.54, 1.807) is 0 Å². The van der Waals surface area contributed by atoms with Crippen LogP contribution in [0.1, 0.15) is 226 Å². The lowest BCUT2D eigenvalue weighted by atomic mass is 10.0. The highest BCUT2D eigenvalue weighted by atomic mass is 16.6. The van der Waals surface area contributed by atoms with Crippen molar-refractivity contribution in [1.29, 1.82) is 0 Å². The molecule has 0 rings (SSSR count). The number of esters is 1. The molecule has 48 heavy (non-hydrogen) atoms. The summed E-state index contributed by atoms with van der Waals surface area (Å²) in [5.41, 5.74) is 0. The zero-order valence-electron chi connectivity index (χ0n) is 32.5. The lowest BCUT2D eigenvalue weighted by Crippen LogP contribution is -2.27. The van der Waals surface area contributed by atoms with Gasteiger partial charge in [-0.2, -0.15) is 0 Å². The first-order chi connectivity index (χ1) is 23.7. The molecule has 0 spiro atoms. The summed E-state index contributed by atoms with van der Waals surface area (Å²) < 4.78 is 11.1. The van der Waals surface area contributed by atoms with Crippen LogP contribution >= 0.6 is 0 Å². The van der Waals surface area contributed by atoms with E-state index in [1.165, 1.54) is 180 Å². The van der Waals surface area contributed by atoms with Gasteiger partial charge in [-0.05, 0) is 44.9 Å². The molecule has 4 heteroatoms. The number of unbranched alkanes of at least 4 members (excludes halogenated alkanes) is 28. The van der Waals surface area contributed by atoms with Gasteiger partial charge in [0.15, 0.2) is 0 Å². The SMILES string of the molecule is CCCCCCC/C=C\C/C=C\CCCCCCCCCCCCCC(=O)OC(CO)COCCCCCCCCCCCCCCC. The first-order valence-corrected chi connectivity index (χ1v) is 21.4. The second-order valence-electron chi connectivity index (χ2n) is 14.4. The van der Waals surface area contributed by atoms with E-state index in [-0.39, 0.29) is 12.6 Å². The van der Waals surface area contributed by atoms with Gasteiger partial charge in [0.2, 0.25) is 0 Å². The number of carbonyl (C=O) groups is 1. The van der Waals surface area contributed by atoms with Crippen molar-refractivity contribution in [3.05, 3.63) is 24.3 Å². The third kappa shape index (κ3) is 39.3. The molecule has 0 bridgehead atoms. The Bertz CT molecular complexity index is 673. The predicted molar refractivity (Wildman–Crippen MR) is 210 cm³/mol. The fourth-order valence-corrected chi connectivity index (χ4v) is 6.30. The van der Waals surface area contributed by atoms with Crippen molar-refractivity contribution in [3.63, 3.8) is 0 Å². The fraction of sp³-hybridized carbons (Fsp3) is 0.886. The Kier molecular flexibility index (Phi) is 41.0. The van der Waals surface area contributed by atoms with E-state index in [9.17, 15) is 9.90 Å². The van der Waals surface area contributed by atoms with Gasteiger partial charge in [0.1, 0.15) is 6.10 Å². The molecular formula is C44H84O4. The Morgan fingerprint density at radius 2 is 0.875 bits per heavy atom. The molecule has 1 unspecified atom stereocenters. The molecule has 0 radical (unpaired) electrons. The van der Waals surface area contributed by atoms with Gasteiger partial charge in [-0.3, -0.25) is 4.79 Å². The number of hydrogen-bond acceptors (Lipinski definition) is 4. The molecule has 1 atom stereocenters. The topological polar surface area (TPSA) is 55.8 Å². The van der Waals surface area contributed by atoms with Crippen molar-refractivity contribution >= 4 is 5.97 Å². The van der Waals surface area contributed by atoms with Crippen LogP contribution in [0.25, 0.3) is 0 Å². The monoisotopic (exact) mass is 677 g/mol. The lowest BCUT2D eigenvalue weighted by molar-refractivity contribution is -0.154. The van der Waals surface area contributed by atoms with E-state index < -0.39 is 6.10 Å². The molecule has 0 aromatic heterocycles. The van der Waals surface area contributed by atoms with Gasteiger partial charge in [-0.25, -0.2) is 0 Å². The number of ether oxygens (including phenoxy) is 2. The van der Waals surface area contributed by atoms with Crippen molar-refractivity contribution in [2.75, 3.05) is 19.8 Å². The third-order valence-electron chi connectivity index (χ3n) is 9.53. The van der Waals surface area contributed by atoms with E-state index >= 15 is 0 Å². The zero-order chi connectivity index (χ0) is 34.9. The van der Waals surface area contributed by atoms with E-state index in [1.807, 2.05) is 0 Å². The van der Waals surface area contributed by atoms with E-state index in [2.05, 4.69) is 38.2 Å². The second-order valence-corrected chi connectivity index (χ2v) is 14.4. The molecule has 0 aliphatic rings. The molecule has 0 heterocycles. The van der Waals surface area contributed by atoms with Crippen molar-refractivity contribution in [2.24, 2.45) is 0 Å². The summed E-state index contributed by atoms with van der Waals surface area (Å²) in [6.45, 7) is 5.36. The first kappa shape index (κ1) is 46.9. The summed E-state index contributed by atoms with van der Waals surface area (Å²) in [6, 6.07) is 0. The van der Waals surface area contributed by atoms with Gasteiger partial charge in [-0.15, -0.1) is 0 Å². The maximum Gasteiger partial charge on any atom is 0.306 e. The number of allylic oxidation sites excluding steroid dienone is 4. The maximum atomic E-state index is 12.2. The number of aliphatic hydroxyl groups excluding tert-OH is 1. The summed E-state index contributed by atoms with van der Waals surface area (Å²) in [5, 5.41) is 9.59. The van der Waals surface area contributed by atoms with Crippen LogP contribution in [0, 0.1) is 0 Å². The first-order valence-electron chi connectivity index (χ1n) is 21.4. The van der Waals surface area contributed by atoms with Crippen LogP contribution in [-0.2, 0) is 14.3 Å². The molecule has 1 N–H and O–H groups in total. The average molecular weight is 677 g/mol. The molecule has 0 saturated carbocycles. The molecule has 0 saturated heterocycles. The number of rotatable bonds is 40. The van der Waals surface area contributed by atoms with Gasteiger partial charge in [0, 0.05) is 13.0 Å². The summed E-state index contributed by atoms with van der Waals surface area (Å²) >= 11 is 0. The number of carbonyl (C=O) groups excluding carboxylic acids is 1. The van der Waals surface area contributed by atoms with Gasteiger partial charge in [-0.1, -0.05) is 199 Å².